The first-order chi connectivity index (χ1) is 12.8. The van der Waals surface area contributed by atoms with Crippen LogP contribution in [0.1, 0.15) is 34.8 Å². The van der Waals surface area contributed by atoms with Crippen LogP contribution in [0.5, 0.6) is 0 Å². The van der Waals surface area contributed by atoms with Gasteiger partial charge in [-0.2, -0.15) is 23.0 Å². The molecular formula is C15H11ClF3N7O. The molecule has 1 amide bonds. The summed E-state index contributed by atoms with van der Waals surface area (Å²) in [5, 5.41) is 6.06. The van der Waals surface area contributed by atoms with E-state index in [2.05, 4.69) is 30.4 Å². The van der Waals surface area contributed by atoms with Gasteiger partial charge in [0.2, 0.25) is 0 Å². The Bertz CT molecular complexity index is 962. The number of carbonyl (C=O) groups is 1. The van der Waals surface area contributed by atoms with E-state index in [0.717, 1.165) is 0 Å². The average molecular weight is 398 g/mol. The highest BCUT2D eigenvalue weighted by atomic mass is 35.5. The molecule has 3 aromatic rings. The van der Waals surface area contributed by atoms with E-state index in [9.17, 15) is 18.0 Å². The van der Waals surface area contributed by atoms with Crippen LogP contribution in [-0.4, -0.2) is 35.6 Å². The summed E-state index contributed by atoms with van der Waals surface area (Å²) >= 11 is 5.61. The number of rotatable bonds is 4. The lowest BCUT2D eigenvalue weighted by atomic mass is 10.2. The maximum Gasteiger partial charge on any atom is 0.416 e. The van der Waals surface area contributed by atoms with Crippen molar-refractivity contribution in [1.82, 2.24) is 35.0 Å². The van der Waals surface area contributed by atoms with E-state index in [1.54, 1.807) is 13.0 Å². The first kappa shape index (κ1) is 18.7. The monoisotopic (exact) mass is 397 g/mol. The van der Waals surface area contributed by atoms with Gasteiger partial charge in [0.15, 0.2) is 5.82 Å². The van der Waals surface area contributed by atoms with Gasteiger partial charge in [-0.15, -0.1) is 0 Å². The molecule has 140 valence electrons. The highest BCUT2D eigenvalue weighted by Gasteiger charge is 2.32. The van der Waals surface area contributed by atoms with Crippen LogP contribution in [0.4, 0.5) is 13.2 Å². The summed E-state index contributed by atoms with van der Waals surface area (Å²) in [6.45, 7) is 1.58. The van der Waals surface area contributed by atoms with E-state index in [1.807, 2.05) is 0 Å². The fraction of sp³-hybridized carbons (Fsp3) is 0.200. The summed E-state index contributed by atoms with van der Waals surface area (Å²) in [5.74, 6) is -0.335. The molecule has 0 aliphatic heterocycles. The SMILES string of the molecule is C[C@H](NC(=O)c1cc(C(F)(F)F)cc(Cl)n1)c1ncnn1-c1ncccn1. The molecule has 0 aliphatic rings. The summed E-state index contributed by atoms with van der Waals surface area (Å²) in [6, 6.07) is 2.16. The number of nitrogens with one attached hydrogen (secondary N) is 1. The number of nitrogens with zero attached hydrogens (tertiary/aromatic N) is 6. The molecule has 1 atom stereocenters. The standard InChI is InChI=1S/C15H11ClF3N7O/c1-8(12-22-7-23-26(12)14-20-3-2-4-21-14)24-13(27)10-5-9(15(17,18)19)6-11(16)25-10/h2-8H,1H3,(H,24,27)/t8-/m0/s1. The maximum atomic E-state index is 12.9. The Morgan fingerprint density at radius 3 is 2.59 bits per heavy atom. The van der Waals surface area contributed by atoms with Crippen molar-refractivity contribution in [1.29, 1.82) is 0 Å². The number of aromatic nitrogens is 6. The molecule has 0 fully saturated rings. The van der Waals surface area contributed by atoms with Crippen molar-refractivity contribution in [3.63, 3.8) is 0 Å². The molecule has 0 aromatic carbocycles. The molecule has 8 nitrogen and oxygen atoms in total. The number of carbonyl (C=O) groups excluding carboxylic acids is 1. The van der Waals surface area contributed by atoms with Crippen LogP contribution < -0.4 is 5.32 Å². The van der Waals surface area contributed by atoms with Gasteiger partial charge in [-0.3, -0.25) is 4.79 Å². The second kappa shape index (κ2) is 7.27. The molecule has 0 unspecified atom stereocenters. The summed E-state index contributed by atoms with van der Waals surface area (Å²) in [4.78, 5) is 28.1. The van der Waals surface area contributed by atoms with Gasteiger partial charge in [0, 0.05) is 12.4 Å². The number of pyridine rings is 1. The van der Waals surface area contributed by atoms with E-state index in [-0.39, 0.29) is 11.8 Å². The minimum Gasteiger partial charge on any atom is -0.341 e. The van der Waals surface area contributed by atoms with Gasteiger partial charge in [-0.05, 0) is 25.1 Å². The molecule has 3 rings (SSSR count). The van der Waals surface area contributed by atoms with Crippen molar-refractivity contribution in [2.45, 2.75) is 19.1 Å². The third-order valence-electron chi connectivity index (χ3n) is 3.40. The Morgan fingerprint density at radius 1 is 1.22 bits per heavy atom. The van der Waals surface area contributed by atoms with Gasteiger partial charge in [0.25, 0.3) is 11.9 Å². The van der Waals surface area contributed by atoms with Crippen LogP contribution in [0.2, 0.25) is 5.15 Å². The number of amides is 1. The lowest BCUT2D eigenvalue weighted by Crippen LogP contribution is -2.30. The van der Waals surface area contributed by atoms with Gasteiger partial charge in [-0.25, -0.2) is 19.9 Å². The molecular weight excluding hydrogens is 387 g/mol. The predicted octanol–water partition coefficient (Wildman–Crippen LogP) is 2.62. The van der Waals surface area contributed by atoms with Crippen molar-refractivity contribution >= 4 is 17.5 Å². The van der Waals surface area contributed by atoms with Crippen LogP contribution in [0, 0.1) is 0 Å². The second-order valence-corrected chi connectivity index (χ2v) is 5.72. The average Bonchev–Trinajstić information content (AvgIpc) is 3.11. The van der Waals surface area contributed by atoms with E-state index in [1.165, 1.54) is 23.4 Å². The highest BCUT2D eigenvalue weighted by molar-refractivity contribution is 6.29. The third kappa shape index (κ3) is 4.19. The van der Waals surface area contributed by atoms with Gasteiger partial charge >= 0.3 is 6.18 Å². The van der Waals surface area contributed by atoms with Crippen LogP contribution in [-0.2, 0) is 6.18 Å². The number of halogens is 4. The highest BCUT2D eigenvalue weighted by Crippen LogP contribution is 2.31. The Kier molecular flexibility index (Phi) is 5.04. The lowest BCUT2D eigenvalue weighted by molar-refractivity contribution is -0.137. The number of alkyl halides is 3. The predicted molar refractivity (Wildman–Crippen MR) is 87.1 cm³/mol. The van der Waals surface area contributed by atoms with E-state index in [4.69, 9.17) is 11.6 Å². The summed E-state index contributed by atoms with van der Waals surface area (Å²) in [5.41, 5.74) is -1.54. The summed E-state index contributed by atoms with van der Waals surface area (Å²) in [6.07, 6.45) is -0.400. The molecule has 0 bridgehead atoms. The Morgan fingerprint density at radius 2 is 1.93 bits per heavy atom. The zero-order chi connectivity index (χ0) is 19.6. The molecule has 1 N–H and O–H groups in total. The van der Waals surface area contributed by atoms with Crippen LogP contribution in [0.25, 0.3) is 5.95 Å². The molecule has 0 saturated carbocycles. The minimum atomic E-state index is -4.65. The largest absolute Gasteiger partial charge is 0.416 e. The molecule has 12 heteroatoms. The van der Waals surface area contributed by atoms with Crippen molar-refractivity contribution in [2.75, 3.05) is 0 Å². The first-order valence-corrected chi connectivity index (χ1v) is 7.86. The van der Waals surface area contributed by atoms with E-state index >= 15 is 0 Å². The summed E-state index contributed by atoms with van der Waals surface area (Å²) < 4.78 is 40.0. The number of hydrogen-bond donors (Lipinski definition) is 1. The Balaban J connectivity index is 1.84. The van der Waals surface area contributed by atoms with Gasteiger partial charge in [0.05, 0.1) is 11.6 Å². The zero-order valence-electron chi connectivity index (χ0n) is 13.6. The van der Waals surface area contributed by atoms with Crippen molar-refractivity contribution < 1.29 is 18.0 Å². The topological polar surface area (TPSA) is 98.5 Å². The fourth-order valence-corrected chi connectivity index (χ4v) is 2.42. The Hall–Kier alpha value is -3.08. The fourth-order valence-electron chi connectivity index (χ4n) is 2.21. The normalized spacial score (nSPS) is 12.6. The van der Waals surface area contributed by atoms with Crippen LogP contribution in [0.3, 0.4) is 0 Å². The maximum absolute atomic E-state index is 12.9. The molecule has 0 radical (unpaired) electrons. The zero-order valence-corrected chi connectivity index (χ0v) is 14.4. The molecule has 27 heavy (non-hydrogen) atoms. The lowest BCUT2D eigenvalue weighted by Gasteiger charge is -2.14. The van der Waals surface area contributed by atoms with E-state index in [0.29, 0.717) is 12.1 Å². The second-order valence-electron chi connectivity index (χ2n) is 5.34. The Labute approximate surface area is 155 Å². The van der Waals surface area contributed by atoms with Crippen molar-refractivity contribution in [2.24, 2.45) is 0 Å². The molecule has 0 saturated heterocycles. The van der Waals surface area contributed by atoms with Gasteiger partial charge < -0.3 is 5.32 Å². The smallest absolute Gasteiger partial charge is 0.341 e. The number of hydrogen-bond acceptors (Lipinski definition) is 6. The first-order valence-electron chi connectivity index (χ1n) is 7.48. The molecule has 3 aromatic heterocycles. The molecule has 0 spiro atoms. The van der Waals surface area contributed by atoms with Crippen molar-refractivity contribution in [3.8, 4) is 5.95 Å². The van der Waals surface area contributed by atoms with Gasteiger partial charge in [0.1, 0.15) is 17.2 Å². The molecule has 3 heterocycles. The minimum absolute atomic E-state index is 0.228. The van der Waals surface area contributed by atoms with Crippen molar-refractivity contribution in [3.05, 3.63) is 59.2 Å². The van der Waals surface area contributed by atoms with E-state index < -0.39 is 34.5 Å². The quantitative estimate of drug-likeness (QED) is 0.679. The van der Waals surface area contributed by atoms with Crippen LogP contribution >= 0.6 is 11.6 Å². The summed E-state index contributed by atoms with van der Waals surface area (Å²) in [7, 11) is 0. The van der Waals surface area contributed by atoms with Crippen LogP contribution in [0.15, 0.2) is 36.9 Å². The van der Waals surface area contributed by atoms with Gasteiger partial charge in [-0.1, -0.05) is 11.6 Å². The molecule has 0 aliphatic carbocycles. The third-order valence-corrected chi connectivity index (χ3v) is 3.60.